The van der Waals surface area contributed by atoms with Crippen molar-refractivity contribution >= 4 is 5.97 Å². The number of benzene rings is 1. The van der Waals surface area contributed by atoms with Crippen molar-refractivity contribution in [1.82, 2.24) is 9.97 Å². The molecular weight excluding hydrogens is 336 g/mol. The van der Waals surface area contributed by atoms with Gasteiger partial charge in [0.1, 0.15) is 0 Å². The second-order valence-electron chi connectivity index (χ2n) is 7.00. The van der Waals surface area contributed by atoms with Crippen LogP contribution in [0.15, 0.2) is 36.7 Å². The maximum absolute atomic E-state index is 12.1. The highest BCUT2D eigenvalue weighted by molar-refractivity contribution is 5.89. The van der Waals surface area contributed by atoms with Gasteiger partial charge in [0.2, 0.25) is 0 Å². The number of unbranched alkanes of at least 4 members (excludes halogenated alkanes) is 6. The number of hydrogen-bond acceptors (Lipinski definition) is 4. The van der Waals surface area contributed by atoms with Gasteiger partial charge >= 0.3 is 5.97 Å². The molecule has 4 nitrogen and oxygen atoms in total. The molecule has 0 radical (unpaired) electrons. The smallest absolute Gasteiger partial charge is 0.338 e. The maximum Gasteiger partial charge on any atom is 0.338 e. The Balaban J connectivity index is 1.74. The van der Waals surface area contributed by atoms with Crippen LogP contribution in [0.3, 0.4) is 0 Å². The zero-order valence-electron chi connectivity index (χ0n) is 16.7. The van der Waals surface area contributed by atoms with Gasteiger partial charge in [-0.3, -0.25) is 0 Å². The number of nitrogens with zero attached hydrogens (tertiary/aromatic N) is 2. The van der Waals surface area contributed by atoms with Gasteiger partial charge < -0.3 is 4.74 Å². The first-order valence-corrected chi connectivity index (χ1v) is 10.3. The fourth-order valence-corrected chi connectivity index (χ4v) is 2.98. The molecule has 146 valence electrons. The van der Waals surface area contributed by atoms with E-state index >= 15 is 0 Å². The highest BCUT2D eigenvalue weighted by atomic mass is 16.5. The van der Waals surface area contributed by atoms with Crippen molar-refractivity contribution < 1.29 is 9.53 Å². The van der Waals surface area contributed by atoms with Gasteiger partial charge in [0.25, 0.3) is 0 Å². The number of aromatic nitrogens is 2. The lowest BCUT2D eigenvalue weighted by atomic mass is 10.1. The summed E-state index contributed by atoms with van der Waals surface area (Å²) < 4.78 is 5.37. The van der Waals surface area contributed by atoms with Crippen LogP contribution in [0.1, 0.15) is 81.1 Å². The summed E-state index contributed by atoms with van der Waals surface area (Å²) in [5, 5.41) is 0. The van der Waals surface area contributed by atoms with Crippen LogP contribution < -0.4 is 0 Å². The fraction of sp³-hybridized carbons (Fsp3) is 0.522. The molecule has 1 heterocycles. The van der Waals surface area contributed by atoms with Gasteiger partial charge in [0.15, 0.2) is 5.82 Å². The Morgan fingerprint density at radius 3 is 2.11 bits per heavy atom. The Labute approximate surface area is 163 Å². The number of ether oxygens (including phenoxy) is 1. The van der Waals surface area contributed by atoms with Gasteiger partial charge in [-0.05, 0) is 30.5 Å². The molecule has 0 fully saturated rings. The van der Waals surface area contributed by atoms with Gasteiger partial charge in [-0.2, -0.15) is 0 Å². The largest absolute Gasteiger partial charge is 0.462 e. The van der Waals surface area contributed by atoms with Crippen molar-refractivity contribution in [1.29, 1.82) is 0 Å². The molecule has 0 amide bonds. The number of carbonyl (C=O) groups excluding carboxylic acids is 1. The minimum Gasteiger partial charge on any atom is -0.462 e. The van der Waals surface area contributed by atoms with E-state index in [-0.39, 0.29) is 5.97 Å². The molecule has 2 aromatic rings. The molecule has 27 heavy (non-hydrogen) atoms. The van der Waals surface area contributed by atoms with E-state index in [9.17, 15) is 4.79 Å². The van der Waals surface area contributed by atoms with Crippen LogP contribution in [0, 0.1) is 0 Å². The first kappa shape index (κ1) is 21.1. The molecule has 0 spiro atoms. The average Bonchev–Trinajstić information content (AvgIpc) is 2.71. The molecule has 1 aromatic carbocycles. The molecule has 0 saturated heterocycles. The van der Waals surface area contributed by atoms with Crippen LogP contribution >= 0.6 is 0 Å². The first-order chi connectivity index (χ1) is 13.2. The van der Waals surface area contributed by atoms with Crippen LogP contribution in [-0.4, -0.2) is 22.5 Å². The standard InChI is InChI=1S/C23H32N2O2/c1-3-5-6-7-8-9-10-16-27-23(26)21-14-12-20(13-15-21)22-24-17-19(11-4-2)18-25-22/h12-15,17-18H,3-11,16H2,1-2H3. The third-order valence-corrected chi connectivity index (χ3v) is 4.60. The predicted octanol–water partition coefficient (Wildman–Crippen LogP) is 6.00. The van der Waals surface area contributed by atoms with E-state index in [1.807, 2.05) is 24.5 Å². The molecule has 0 bridgehead atoms. The number of rotatable bonds is 12. The van der Waals surface area contributed by atoms with Crippen molar-refractivity contribution in [3.63, 3.8) is 0 Å². The van der Waals surface area contributed by atoms with Gasteiger partial charge in [0, 0.05) is 18.0 Å². The normalized spacial score (nSPS) is 10.7. The van der Waals surface area contributed by atoms with Gasteiger partial charge in [-0.1, -0.05) is 70.9 Å². The fourth-order valence-electron chi connectivity index (χ4n) is 2.98. The summed E-state index contributed by atoms with van der Waals surface area (Å²) >= 11 is 0. The summed E-state index contributed by atoms with van der Waals surface area (Å²) in [5.41, 5.74) is 2.62. The van der Waals surface area contributed by atoms with Crippen molar-refractivity contribution in [3.05, 3.63) is 47.8 Å². The van der Waals surface area contributed by atoms with Crippen molar-refractivity contribution in [2.24, 2.45) is 0 Å². The van der Waals surface area contributed by atoms with E-state index in [0.717, 1.165) is 36.8 Å². The molecule has 0 aliphatic carbocycles. The molecule has 1 aromatic heterocycles. The zero-order valence-corrected chi connectivity index (χ0v) is 16.7. The maximum atomic E-state index is 12.1. The summed E-state index contributed by atoms with van der Waals surface area (Å²) in [6, 6.07) is 7.32. The van der Waals surface area contributed by atoms with Gasteiger partial charge in [-0.15, -0.1) is 0 Å². The lowest BCUT2D eigenvalue weighted by Gasteiger charge is -2.06. The van der Waals surface area contributed by atoms with E-state index < -0.39 is 0 Å². The Bertz CT molecular complexity index is 666. The van der Waals surface area contributed by atoms with Crippen LogP contribution in [0.2, 0.25) is 0 Å². The lowest BCUT2D eigenvalue weighted by molar-refractivity contribution is 0.0497. The highest BCUT2D eigenvalue weighted by Crippen LogP contribution is 2.16. The molecule has 2 rings (SSSR count). The van der Waals surface area contributed by atoms with Crippen LogP contribution in [0.5, 0.6) is 0 Å². The van der Waals surface area contributed by atoms with E-state index in [4.69, 9.17) is 4.74 Å². The van der Waals surface area contributed by atoms with Gasteiger partial charge in [0.05, 0.1) is 12.2 Å². The summed E-state index contributed by atoms with van der Waals surface area (Å²) in [7, 11) is 0. The second kappa shape index (κ2) is 12.2. The van der Waals surface area contributed by atoms with E-state index in [1.165, 1.54) is 32.1 Å². The molecule has 0 atom stereocenters. The zero-order chi connectivity index (χ0) is 19.3. The molecule has 0 saturated carbocycles. The second-order valence-corrected chi connectivity index (χ2v) is 7.00. The number of aryl methyl sites for hydroxylation is 1. The Morgan fingerprint density at radius 1 is 0.852 bits per heavy atom. The van der Waals surface area contributed by atoms with E-state index in [1.54, 1.807) is 12.1 Å². The predicted molar refractivity (Wildman–Crippen MR) is 110 cm³/mol. The van der Waals surface area contributed by atoms with Crippen LogP contribution in [-0.2, 0) is 11.2 Å². The number of esters is 1. The van der Waals surface area contributed by atoms with E-state index in [0.29, 0.717) is 18.0 Å². The Kier molecular flexibility index (Phi) is 9.53. The van der Waals surface area contributed by atoms with E-state index in [2.05, 4.69) is 23.8 Å². The average molecular weight is 369 g/mol. The van der Waals surface area contributed by atoms with Gasteiger partial charge in [-0.25, -0.2) is 14.8 Å². The molecule has 0 aliphatic heterocycles. The third-order valence-electron chi connectivity index (χ3n) is 4.60. The van der Waals surface area contributed by atoms with Crippen LogP contribution in [0.4, 0.5) is 0 Å². The number of hydrogen-bond donors (Lipinski definition) is 0. The molecule has 4 heteroatoms. The topological polar surface area (TPSA) is 52.1 Å². The minimum absolute atomic E-state index is 0.258. The number of carbonyl (C=O) groups is 1. The summed E-state index contributed by atoms with van der Waals surface area (Å²) in [4.78, 5) is 21.0. The minimum atomic E-state index is -0.258. The third kappa shape index (κ3) is 7.49. The van der Waals surface area contributed by atoms with Crippen molar-refractivity contribution in [2.45, 2.75) is 71.6 Å². The van der Waals surface area contributed by atoms with Crippen molar-refractivity contribution in [3.8, 4) is 11.4 Å². The summed E-state index contributed by atoms with van der Waals surface area (Å²) in [6.07, 6.45) is 14.3. The first-order valence-electron chi connectivity index (χ1n) is 10.3. The quantitative estimate of drug-likeness (QED) is 0.340. The SMILES string of the molecule is CCCCCCCCCOC(=O)c1ccc(-c2ncc(CCC)cn2)cc1. The monoisotopic (exact) mass is 368 g/mol. The Hall–Kier alpha value is -2.23. The molecule has 0 unspecified atom stereocenters. The van der Waals surface area contributed by atoms with Crippen molar-refractivity contribution in [2.75, 3.05) is 6.61 Å². The summed E-state index contributed by atoms with van der Waals surface area (Å²) in [6.45, 7) is 4.86. The lowest BCUT2D eigenvalue weighted by Crippen LogP contribution is -2.06. The molecule has 0 N–H and O–H groups in total. The molecule has 0 aliphatic rings. The highest BCUT2D eigenvalue weighted by Gasteiger charge is 2.08. The summed E-state index contributed by atoms with van der Waals surface area (Å²) in [5.74, 6) is 0.421. The Morgan fingerprint density at radius 2 is 1.48 bits per heavy atom. The van der Waals surface area contributed by atoms with Crippen LogP contribution in [0.25, 0.3) is 11.4 Å². The molecular formula is C23H32N2O2.